The summed E-state index contributed by atoms with van der Waals surface area (Å²) >= 11 is 0. The van der Waals surface area contributed by atoms with E-state index in [9.17, 15) is 9.59 Å². The fourth-order valence-electron chi connectivity index (χ4n) is 3.02. The van der Waals surface area contributed by atoms with Crippen LogP contribution in [0, 0.1) is 6.92 Å². The van der Waals surface area contributed by atoms with Crippen LogP contribution in [0.25, 0.3) is 0 Å². The maximum atomic E-state index is 12.3. The zero-order valence-electron chi connectivity index (χ0n) is 19.2. The summed E-state index contributed by atoms with van der Waals surface area (Å²) in [4.78, 5) is 27.9. The predicted octanol–water partition coefficient (Wildman–Crippen LogP) is 3.63. The minimum absolute atomic E-state index is 0.0226. The van der Waals surface area contributed by atoms with Crippen molar-refractivity contribution < 1.29 is 28.3 Å². The molecule has 0 saturated carbocycles. The van der Waals surface area contributed by atoms with Gasteiger partial charge in [0.15, 0.2) is 12.4 Å². The number of hydrogen-bond acceptors (Lipinski definition) is 7. The third-order valence-electron chi connectivity index (χ3n) is 4.78. The van der Waals surface area contributed by atoms with E-state index in [1.54, 1.807) is 30.3 Å². The van der Waals surface area contributed by atoms with Crippen molar-refractivity contribution in [2.45, 2.75) is 33.3 Å². The Labute approximate surface area is 197 Å². The minimum Gasteiger partial charge on any atom is -0.485 e. The molecule has 0 spiro atoms. The molecule has 1 aromatic heterocycles. The number of rotatable bonds is 10. The fraction of sp³-hybridized carbons (Fsp3) is 0.240. The van der Waals surface area contributed by atoms with Gasteiger partial charge >= 0.3 is 5.97 Å². The number of amides is 1. The second-order valence-corrected chi connectivity index (χ2v) is 7.89. The minimum atomic E-state index is -0.797. The molecule has 0 aliphatic rings. The molecule has 34 heavy (non-hydrogen) atoms. The van der Waals surface area contributed by atoms with Gasteiger partial charge in [-0.1, -0.05) is 31.1 Å². The number of furan rings is 1. The Morgan fingerprint density at radius 3 is 2.41 bits per heavy atom. The van der Waals surface area contributed by atoms with Crippen molar-refractivity contribution in [2.24, 2.45) is 16.6 Å². The molecule has 2 aromatic carbocycles. The van der Waals surface area contributed by atoms with Gasteiger partial charge in [0.05, 0.1) is 0 Å². The number of ether oxygens (including phenoxy) is 2. The summed E-state index contributed by atoms with van der Waals surface area (Å²) in [7, 11) is 0. The molecular weight excluding hydrogens is 438 g/mol. The topological polar surface area (TPSA) is 139 Å². The van der Waals surface area contributed by atoms with E-state index in [0.29, 0.717) is 23.0 Å². The van der Waals surface area contributed by atoms with Crippen molar-refractivity contribution in [3.63, 3.8) is 0 Å². The zero-order chi connectivity index (χ0) is 24.7. The first kappa shape index (κ1) is 24.4. The Bertz CT molecular complexity index is 1180. The molecular formula is C25H27N3O6. The molecule has 0 atom stereocenters. The van der Waals surface area contributed by atoms with Gasteiger partial charge < -0.3 is 30.2 Å². The van der Waals surface area contributed by atoms with Gasteiger partial charge in [-0.2, -0.15) is 0 Å². The van der Waals surface area contributed by atoms with E-state index in [2.05, 4.69) is 19.0 Å². The molecule has 178 valence electrons. The lowest BCUT2D eigenvalue weighted by atomic mass is 10.0. The van der Waals surface area contributed by atoms with Crippen LogP contribution in [-0.2, 0) is 16.2 Å². The van der Waals surface area contributed by atoms with Crippen LogP contribution < -0.4 is 20.9 Å². The number of primary amides is 1. The van der Waals surface area contributed by atoms with Crippen LogP contribution in [0.5, 0.6) is 11.5 Å². The molecule has 4 N–H and O–H groups in total. The lowest BCUT2D eigenvalue weighted by Gasteiger charge is -2.14. The van der Waals surface area contributed by atoms with E-state index in [0.717, 1.165) is 16.9 Å². The van der Waals surface area contributed by atoms with Crippen molar-refractivity contribution in [3.8, 4) is 11.5 Å². The van der Waals surface area contributed by atoms with Gasteiger partial charge in [0, 0.05) is 5.56 Å². The third kappa shape index (κ3) is 6.61. The van der Waals surface area contributed by atoms with Crippen LogP contribution in [0.15, 0.2) is 64.2 Å². The fourth-order valence-corrected chi connectivity index (χ4v) is 3.02. The average molecular weight is 466 g/mol. The molecule has 1 amide bonds. The molecule has 0 radical (unpaired) electrons. The largest absolute Gasteiger partial charge is 0.485 e. The molecule has 0 aliphatic carbocycles. The smallest absolute Gasteiger partial charge is 0.400 e. The van der Waals surface area contributed by atoms with Gasteiger partial charge in [0.1, 0.15) is 23.9 Å². The van der Waals surface area contributed by atoms with Crippen molar-refractivity contribution in [1.29, 1.82) is 0 Å². The number of nitrogens with zero attached hydrogens (tertiary/aromatic N) is 1. The van der Waals surface area contributed by atoms with Gasteiger partial charge in [-0.25, -0.2) is 4.79 Å². The normalized spacial score (nSPS) is 11.4. The Kier molecular flexibility index (Phi) is 7.92. The zero-order valence-corrected chi connectivity index (χ0v) is 19.2. The summed E-state index contributed by atoms with van der Waals surface area (Å²) in [6.45, 7) is 6.11. The summed E-state index contributed by atoms with van der Waals surface area (Å²) in [5.41, 5.74) is 13.6. The van der Waals surface area contributed by atoms with Crippen LogP contribution in [0.2, 0.25) is 0 Å². The number of hydrogen-bond donors (Lipinski definition) is 2. The molecule has 3 rings (SSSR count). The first-order chi connectivity index (χ1) is 16.2. The predicted molar refractivity (Wildman–Crippen MR) is 126 cm³/mol. The van der Waals surface area contributed by atoms with Crippen molar-refractivity contribution in [2.75, 3.05) is 6.61 Å². The summed E-state index contributed by atoms with van der Waals surface area (Å²) in [5.74, 6) is 0.549. The Balaban J connectivity index is 1.57. The molecule has 9 heteroatoms. The second-order valence-electron chi connectivity index (χ2n) is 7.89. The quantitative estimate of drug-likeness (QED) is 0.202. The Morgan fingerprint density at radius 1 is 1.00 bits per heavy atom. The monoisotopic (exact) mass is 465 g/mol. The maximum Gasteiger partial charge on any atom is 0.400 e. The standard InChI is InChI=1S/C25H27N3O6/c1-15(2)20-10-4-16(3)12-22(20)32-13-19-9-11-21(33-19)25(30)34-28-24(27)17-5-7-18(8-6-17)31-14-23(26)29/h4-12,15H,13-14H2,1-3H3,(H2,26,29)(H2,27,28). The highest BCUT2D eigenvalue weighted by Crippen LogP contribution is 2.28. The van der Waals surface area contributed by atoms with E-state index in [1.165, 1.54) is 6.07 Å². The number of aryl methyl sites for hydroxylation is 1. The summed E-state index contributed by atoms with van der Waals surface area (Å²) < 4.78 is 16.6. The first-order valence-corrected chi connectivity index (χ1v) is 10.6. The number of carbonyl (C=O) groups excluding carboxylic acids is 2. The SMILES string of the molecule is Cc1ccc(C(C)C)c(OCc2ccc(C(=O)O/N=C(\N)c3ccc(OCC(N)=O)cc3)o2)c1. The highest BCUT2D eigenvalue weighted by atomic mass is 16.7. The Hall–Kier alpha value is -4.27. The maximum absolute atomic E-state index is 12.3. The average Bonchev–Trinajstić information content (AvgIpc) is 3.29. The van der Waals surface area contributed by atoms with Crippen molar-refractivity contribution in [3.05, 3.63) is 82.8 Å². The van der Waals surface area contributed by atoms with Crippen LogP contribution in [0.3, 0.4) is 0 Å². The molecule has 9 nitrogen and oxygen atoms in total. The summed E-state index contributed by atoms with van der Waals surface area (Å²) in [6, 6.07) is 15.5. The van der Waals surface area contributed by atoms with Gasteiger partial charge in [-0.3, -0.25) is 4.79 Å². The molecule has 3 aromatic rings. The van der Waals surface area contributed by atoms with Gasteiger partial charge in [-0.15, -0.1) is 0 Å². The van der Waals surface area contributed by atoms with Gasteiger partial charge in [0.2, 0.25) is 5.76 Å². The summed E-state index contributed by atoms with van der Waals surface area (Å²) in [5, 5.41) is 3.66. The molecule has 0 bridgehead atoms. The molecule has 0 aliphatic heterocycles. The van der Waals surface area contributed by atoms with Gasteiger partial charge in [0.25, 0.3) is 5.91 Å². The lowest BCUT2D eigenvalue weighted by molar-refractivity contribution is -0.119. The number of benzene rings is 2. The van der Waals surface area contributed by atoms with E-state index >= 15 is 0 Å². The van der Waals surface area contributed by atoms with E-state index in [-0.39, 0.29) is 24.8 Å². The van der Waals surface area contributed by atoms with E-state index < -0.39 is 11.9 Å². The van der Waals surface area contributed by atoms with Crippen LogP contribution >= 0.6 is 0 Å². The van der Waals surface area contributed by atoms with E-state index in [4.69, 9.17) is 30.2 Å². The van der Waals surface area contributed by atoms with Crippen molar-refractivity contribution in [1.82, 2.24) is 0 Å². The molecule has 0 unspecified atom stereocenters. The van der Waals surface area contributed by atoms with Crippen LogP contribution in [0.4, 0.5) is 0 Å². The van der Waals surface area contributed by atoms with Gasteiger partial charge in [-0.05, 0) is 66.4 Å². The van der Waals surface area contributed by atoms with Crippen LogP contribution in [0.1, 0.15) is 52.8 Å². The highest BCUT2D eigenvalue weighted by molar-refractivity contribution is 5.98. The number of amidine groups is 1. The molecule has 0 fully saturated rings. The molecule has 0 saturated heterocycles. The van der Waals surface area contributed by atoms with Crippen LogP contribution in [-0.4, -0.2) is 24.3 Å². The Morgan fingerprint density at radius 2 is 1.74 bits per heavy atom. The summed E-state index contributed by atoms with van der Waals surface area (Å²) in [6.07, 6.45) is 0. The third-order valence-corrected chi connectivity index (χ3v) is 4.78. The highest BCUT2D eigenvalue weighted by Gasteiger charge is 2.15. The van der Waals surface area contributed by atoms with E-state index in [1.807, 2.05) is 25.1 Å². The number of nitrogens with two attached hydrogens (primary N) is 2. The lowest BCUT2D eigenvalue weighted by Crippen LogP contribution is -2.20. The second kappa shape index (κ2) is 11.0. The van der Waals surface area contributed by atoms with Crippen molar-refractivity contribution >= 4 is 17.7 Å². The first-order valence-electron chi connectivity index (χ1n) is 10.6. The number of carbonyl (C=O) groups is 2. The number of oxime groups is 1. The molecule has 1 heterocycles.